The van der Waals surface area contributed by atoms with Gasteiger partial charge < -0.3 is 6.74 Å². The van der Waals surface area contributed by atoms with Crippen LogP contribution < -0.4 is 34.9 Å². The van der Waals surface area contributed by atoms with Crippen LogP contribution in [-0.2, 0) is 28.3 Å². The first-order chi connectivity index (χ1) is 11.6. The van der Waals surface area contributed by atoms with Crippen molar-refractivity contribution in [1.82, 2.24) is 15.0 Å². The second-order valence-corrected chi connectivity index (χ2v) is 7.84. The number of hydrogen-bond donors (Lipinski definition) is 1. The molecule has 15 heteroatoms. The Kier molecular flexibility index (Phi) is 8.64. The van der Waals surface area contributed by atoms with Gasteiger partial charge in [0.15, 0.2) is 0 Å². The molecule has 1 N–H and O–H groups in total. The van der Waals surface area contributed by atoms with Crippen molar-refractivity contribution < 1.29 is 55.6 Å². The van der Waals surface area contributed by atoms with Crippen LogP contribution in [0.25, 0.3) is 0 Å². The van der Waals surface area contributed by atoms with E-state index in [1.165, 1.54) is 19.1 Å². The molecule has 138 valence electrons. The summed E-state index contributed by atoms with van der Waals surface area (Å²) in [4.78, 5) is 10.7. The summed E-state index contributed by atoms with van der Waals surface area (Å²) in [5.41, 5.74) is 0.380. The minimum Gasteiger partial charge on any atom is -1.00 e. The van der Waals surface area contributed by atoms with Crippen LogP contribution in [0.2, 0.25) is 10.6 Å². The van der Waals surface area contributed by atoms with Crippen LogP contribution in [0.4, 0.5) is 11.6 Å². The van der Waals surface area contributed by atoms with Crippen LogP contribution in [0.3, 0.4) is 0 Å². The van der Waals surface area contributed by atoms with Crippen LogP contribution in [0.1, 0.15) is 8.35 Å². The summed E-state index contributed by atoms with van der Waals surface area (Å²) < 4.78 is 54.7. The molecule has 0 spiro atoms. The Morgan fingerprint density at radius 3 is 2.08 bits per heavy atom. The van der Waals surface area contributed by atoms with Gasteiger partial charge in [0.1, 0.15) is 0 Å². The maximum Gasteiger partial charge on any atom is 1.00 e. The fourth-order valence-electron chi connectivity index (χ4n) is 1.53. The zero-order chi connectivity index (χ0) is 18.7. The molecule has 2 aromatic rings. The quantitative estimate of drug-likeness (QED) is 0.521. The molecule has 0 amide bonds. The van der Waals surface area contributed by atoms with E-state index in [1.54, 1.807) is 0 Å². The molecule has 10 nitrogen and oxygen atoms in total. The van der Waals surface area contributed by atoms with Gasteiger partial charge in [0.2, 0.25) is 16.5 Å². The third kappa shape index (κ3) is 6.87. The standard InChI is InChI=1S/C11H10Cl2N4O6S2.Na.H/c1-2-22-25(20,21)23-24(18,19)8-5-3-7(4-6-8)14-11-16-9(12)15-10(13)17-11;;/h3-6H,2H2,1H3,(H,14,15,16,17);;/q;+1;-1. The van der Waals surface area contributed by atoms with E-state index in [0.717, 1.165) is 12.1 Å². The number of hydrogen-bond acceptors (Lipinski definition) is 10. The molecule has 1 aromatic carbocycles. The molecule has 0 aliphatic carbocycles. The first-order valence-electron chi connectivity index (χ1n) is 6.41. The SMILES string of the molecule is CCOS(=O)(=O)OS(=O)(=O)c1ccc(Nc2nc(Cl)nc(Cl)n2)cc1.[H-].[Na+]. The minimum absolute atomic E-state index is 0. The second-order valence-electron chi connectivity index (χ2n) is 4.18. The molecule has 0 aliphatic rings. The van der Waals surface area contributed by atoms with Gasteiger partial charge >= 0.3 is 50.1 Å². The van der Waals surface area contributed by atoms with Gasteiger partial charge in [-0.3, -0.25) is 0 Å². The van der Waals surface area contributed by atoms with E-state index < -0.39 is 25.4 Å². The molecule has 2 rings (SSSR count). The van der Waals surface area contributed by atoms with Crippen molar-refractivity contribution in [3.05, 3.63) is 34.8 Å². The summed E-state index contributed by atoms with van der Waals surface area (Å²) in [6.45, 7) is 1.10. The van der Waals surface area contributed by atoms with Gasteiger partial charge in [-0.25, -0.2) is 4.18 Å². The van der Waals surface area contributed by atoms with E-state index in [4.69, 9.17) is 23.2 Å². The van der Waals surface area contributed by atoms with Crippen molar-refractivity contribution in [2.24, 2.45) is 0 Å². The molecule has 0 atom stereocenters. The first kappa shape index (κ1) is 23.5. The van der Waals surface area contributed by atoms with Gasteiger partial charge in [-0.1, -0.05) is 0 Å². The Labute approximate surface area is 183 Å². The third-order valence-electron chi connectivity index (χ3n) is 2.42. The normalized spacial score (nSPS) is 11.7. The summed E-state index contributed by atoms with van der Waals surface area (Å²) >= 11 is 11.3. The van der Waals surface area contributed by atoms with Gasteiger partial charge in [-0.05, 0) is 54.4 Å². The molecule has 0 aliphatic heterocycles. The predicted octanol–water partition coefficient (Wildman–Crippen LogP) is -0.975. The van der Waals surface area contributed by atoms with Gasteiger partial charge in [0, 0.05) is 5.69 Å². The summed E-state index contributed by atoms with van der Waals surface area (Å²) in [6, 6.07) is 4.89. The number of halogens is 2. The van der Waals surface area contributed by atoms with Crippen LogP contribution in [0.15, 0.2) is 29.2 Å². The summed E-state index contributed by atoms with van der Waals surface area (Å²) in [5, 5.41) is 2.47. The summed E-state index contributed by atoms with van der Waals surface area (Å²) in [6.07, 6.45) is 0. The van der Waals surface area contributed by atoms with Gasteiger partial charge in [0.05, 0.1) is 11.5 Å². The second kappa shape index (κ2) is 9.57. The fourth-order valence-corrected chi connectivity index (χ4v) is 4.00. The topological polar surface area (TPSA) is 137 Å². The van der Waals surface area contributed by atoms with Crippen molar-refractivity contribution >= 4 is 55.4 Å². The number of anilines is 2. The Hall–Kier alpha value is -0.570. The average molecular weight is 453 g/mol. The van der Waals surface area contributed by atoms with E-state index >= 15 is 0 Å². The Bertz CT molecular complexity index is 959. The van der Waals surface area contributed by atoms with Crippen LogP contribution in [0, 0.1) is 0 Å². The van der Waals surface area contributed by atoms with Gasteiger partial charge in [-0.2, -0.15) is 31.8 Å². The third-order valence-corrected chi connectivity index (χ3v) is 5.51. The zero-order valence-electron chi connectivity index (χ0n) is 14.4. The molecular formula is C11H11Cl2N4NaO6S2. The molecule has 0 saturated carbocycles. The largest absolute Gasteiger partial charge is 1.00 e. The number of nitrogens with one attached hydrogen (secondary N) is 1. The smallest absolute Gasteiger partial charge is 1.00 e. The molecular weight excluding hydrogens is 442 g/mol. The molecule has 26 heavy (non-hydrogen) atoms. The van der Waals surface area contributed by atoms with E-state index in [9.17, 15) is 16.8 Å². The van der Waals surface area contributed by atoms with Crippen molar-refractivity contribution in [1.29, 1.82) is 0 Å². The molecule has 0 fully saturated rings. The van der Waals surface area contributed by atoms with Crippen molar-refractivity contribution in [3.8, 4) is 0 Å². The Morgan fingerprint density at radius 2 is 1.58 bits per heavy atom. The van der Waals surface area contributed by atoms with Gasteiger partial charge in [0.25, 0.3) is 0 Å². The maximum atomic E-state index is 11.9. The molecule has 1 heterocycles. The first-order valence-corrected chi connectivity index (χ1v) is 9.91. The van der Waals surface area contributed by atoms with Gasteiger partial charge in [-0.15, -0.1) is 3.63 Å². The number of benzene rings is 1. The van der Waals surface area contributed by atoms with Crippen LogP contribution in [0.5, 0.6) is 0 Å². The number of nitrogens with zero attached hydrogens (tertiary/aromatic N) is 3. The number of rotatable bonds is 7. The maximum absolute atomic E-state index is 11.9. The Balaban J connectivity index is 0.00000338. The molecule has 0 radical (unpaired) electrons. The summed E-state index contributed by atoms with van der Waals surface area (Å²) in [5.74, 6) is 0.0378. The van der Waals surface area contributed by atoms with Crippen molar-refractivity contribution in [3.63, 3.8) is 0 Å². The monoisotopic (exact) mass is 452 g/mol. The average Bonchev–Trinajstić information content (AvgIpc) is 2.45. The number of aromatic nitrogens is 3. The molecule has 0 bridgehead atoms. The van der Waals surface area contributed by atoms with Crippen molar-refractivity contribution in [2.45, 2.75) is 11.8 Å². The van der Waals surface area contributed by atoms with Crippen LogP contribution >= 0.6 is 23.2 Å². The minimum atomic E-state index is -4.67. The molecule has 1 aromatic heterocycles. The van der Waals surface area contributed by atoms with E-state index in [1.807, 2.05) is 0 Å². The van der Waals surface area contributed by atoms with Crippen molar-refractivity contribution in [2.75, 3.05) is 11.9 Å². The van der Waals surface area contributed by atoms with E-state index in [-0.39, 0.29) is 54.1 Å². The predicted molar refractivity (Wildman–Crippen MR) is 89.5 cm³/mol. The zero-order valence-corrected chi connectivity index (χ0v) is 18.5. The van der Waals surface area contributed by atoms with Crippen LogP contribution in [-0.4, -0.2) is 38.4 Å². The molecule has 0 unspecified atom stereocenters. The summed E-state index contributed by atoms with van der Waals surface area (Å²) in [7, 11) is -9.23. The Morgan fingerprint density at radius 1 is 1.04 bits per heavy atom. The van der Waals surface area contributed by atoms with E-state index in [2.05, 4.69) is 28.1 Å². The fraction of sp³-hybridized carbons (Fsp3) is 0.182. The molecule has 0 saturated heterocycles. The van der Waals surface area contributed by atoms with E-state index in [0.29, 0.717) is 5.69 Å².